The molecular formula is C11H17N3O5S. The van der Waals surface area contributed by atoms with E-state index in [1.807, 2.05) is 0 Å². The Kier molecular flexibility index (Phi) is 4.41. The zero-order valence-electron chi connectivity index (χ0n) is 10.8. The second kappa shape index (κ2) is 5.90. The smallest absolute Gasteiger partial charge is 0.305 e. The lowest BCUT2D eigenvalue weighted by molar-refractivity contribution is -0.137. The zero-order chi connectivity index (χ0) is 14.8. The summed E-state index contributed by atoms with van der Waals surface area (Å²) in [6.45, 7) is 0.300. The van der Waals surface area contributed by atoms with Gasteiger partial charge < -0.3 is 10.2 Å². The van der Waals surface area contributed by atoms with Crippen LogP contribution in [0.15, 0.2) is 17.3 Å². The van der Waals surface area contributed by atoms with Crippen LogP contribution >= 0.6 is 0 Å². The summed E-state index contributed by atoms with van der Waals surface area (Å²) in [7, 11) is -3.68. The van der Waals surface area contributed by atoms with E-state index in [0.717, 1.165) is 6.42 Å². The van der Waals surface area contributed by atoms with Crippen molar-refractivity contribution in [2.75, 3.05) is 13.2 Å². The average Bonchev–Trinajstić information content (AvgIpc) is 3.05. The van der Waals surface area contributed by atoms with Gasteiger partial charge in [0.1, 0.15) is 4.90 Å². The first kappa shape index (κ1) is 14.9. The van der Waals surface area contributed by atoms with E-state index < -0.39 is 16.0 Å². The minimum atomic E-state index is -3.68. The minimum absolute atomic E-state index is 0.0308. The van der Waals surface area contributed by atoms with E-state index >= 15 is 0 Å². The lowest BCUT2D eigenvalue weighted by Crippen LogP contribution is -2.37. The fourth-order valence-corrected chi connectivity index (χ4v) is 3.89. The van der Waals surface area contributed by atoms with Crippen LogP contribution in [0.3, 0.4) is 0 Å². The van der Waals surface area contributed by atoms with Crippen molar-refractivity contribution in [3.05, 3.63) is 12.4 Å². The molecule has 9 heteroatoms. The molecule has 0 spiro atoms. The van der Waals surface area contributed by atoms with Gasteiger partial charge in [-0.25, -0.2) is 8.42 Å². The summed E-state index contributed by atoms with van der Waals surface area (Å²) >= 11 is 0. The highest BCUT2D eigenvalue weighted by molar-refractivity contribution is 7.89. The van der Waals surface area contributed by atoms with Crippen LogP contribution in [-0.4, -0.2) is 57.9 Å². The summed E-state index contributed by atoms with van der Waals surface area (Å²) in [5.74, 6) is -0.968. The van der Waals surface area contributed by atoms with Gasteiger partial charge in [-0.2, -0.15) is 9.40 Å². The Morgan fingerprint density at radius 3 is 2.90 bits per heavy atom. The van der Waals surface area contributed by atoms with Gasteiger partial charge in [-0.05, 0) is 12.8 Å². The van der Waals surface area contributed by atoms with Crippen molar-refractivity contribution in [2.45, 2.75) is 36.7 Å². The Balaban J connectivity index is 2.15. The van der Waals surface area contributed by atoms with Gasteiger partial charge in [-0.15, -0.1) is 0 Å². The number of nitrogens with zero attached hydrogens (tertiary/aromatic N) is 3. The lowest BCUT2D eigenvalue weighted by atomic mass is 10.2. The van der Waals surface area contributed by atoms with Crippen LogP contribution < -0.4 is 0 Å². The summed E-state index contributed by atoms with van der Waals surface area (Å²) in [6, 6.07) is -0.387. The second-order valence-corrected chi connectivity index (χ2v) is 6.57. The second-order valence-electron chi connectivity index (χ2n) is 4.68. The topological polar surface area (TPSA) is 113 Å². The molecule has 2 heterocycles. The van der Waals surface area contributed by atoms with E-state index in [-0.39, 0.29) is 30.5 Å². The normalized spacial score (nSPS) is 20.4. The van der Waals surface area contributed by atoms with E-state index in [9.17, 15) is 18.3 Å². The first-order valence-electron chi connectivity index (χ1n) is 6.32. The van der Waals surface area contributed by atoms with Gasteiger partial charge in [0.15, 0.2) is 0 Å². The molecule has 20 heavy (non-hydrogen) atoms. The minimum Gasteiger partial charge on any atom is -0.481 e. The average molecular weight is 303 g/mol. The van der Waals surface area contributed by atoms with Crippen molar-refractivity contribution in [1.29, 1.82) is 0 Å². The Bertz CT molecular complexity index is 583. The fourth-order valence-electron chi connectivity index (χ4n) is 2.25. The molecule has 1 aliphatic rings. The number of sulfonamides is 1. The van der Waals surface area contributed by atoms with Crippen LogP contribution in [0, 0.1) is 0 Å². The SMILES string of the molecule is O=C(O)CCn1cc(S(=O)(=O)N2CCC[C@@H]2CO)cn1. The van der Waals surface area contributed by atoms with E-state index in [1.54, 1.807) is 0 Å². The van der Waals surface area contributed by atoms with Crippen molar-refractivity contribution in [3.8, 4) is 0 Å². The zero-order valence-corrected chi connectivity index (χ0v) is 11.7. The van der Waals surface area contributed by atoms with Crippen molar-refractivity contribution in [3.63, 3.8) is 0 Å². The van der Waals surface area contributed by atoms with Crippen molar-refractivity contribution in [1.82, 2.24) is 14.1 Å². The van der Waals surface area contributed by atoms with E-state index in [2.05, 4.69) is 5.10 Å². The molecule has 1 aliphatic heterocycles. The van der Waals surface area contributed by atoms with Crippen LogP contribution in [0.25, 0.3) is 0 Å². The van der Waals surface area contributed by atoms with Gasteiger partial charge in [-0.1, -0.05) is 0 Å². The third-order valence-electron chi connectivity index (χ3n) is 3.30. The quantitative estimate of drug-likeness (QED) is 0.733. The summed E-state index contributed by atoms with van der Waals surface area (Å²) in [6.07, 6.45) is 3.78. The predicted molar refractivity (Wildman–Crippen MR) is 68.5 cm³/mol. The molecule has 0 amide bonds. The van der Waals surface area contributed by atoms with Gasteiger partial charge in [-0.3, -0.25) is 9.48 Å². The Morgan fingerprint density at radius 2 is 2.25 bits per heavy atom. The molecule has 8 nitrogen and oxygen atoms in total. The third kappa shape index (κ3) is 3.00. The number of carbonyl (C=O) groups is 1. The van der Waals surface area contributed by atoms with Gasteiger partial charge in [0.25, 0.3) is 0 Å². The highest BCUT2D eigenvalue weighted by Gasteiger charge is 2.35. The molecular weight excluding hydrogens is 286 g/mol. The summed E-state index contributed by atoms with van der Waals surface area (Å²) in [5, 5.41) is 21.7. The maximum absolute atomic E-state index is 12.4. The van der Waals surface area contributed by atoms with E-state index in [1.165, 1.54) is 21.4 Å². The Hall–Kier alpha value is -1.45. The fraction of sp³-hybridized carbons (Fsp3) is 0.636. The van der Waals surface area contributed by atoms with Crippen LogP contribution in [0.1, 0.15) is 19.3 Å². The number of hydrogen-bond acceptors (Lipinski definition) is 5. The van der Waals surface area contributed by atoms with Gasteiger partial charge >= 0.3 is 5.97 Å². The van der Waals surface area contributed by atoms with Gasteiger partial charge in [0.05, 0.1) is 25.8 Å². The number of aliphatic hydroxyl groups excluding tert-OH is 1. The first-order chi connectivity index (χ1) is 9.45. The number of aliphatic hydroxyl groups is 1. The molecule has 0 aromatic carbocycles. The molecule has 0 aliphatic carbocycles. The van der Waals surface area contributed by atoms with Crippen LogP contribution in [0.2, 0.25) is 0 Å². The van der Waals surface area contributed by atoms with Gasteiger partial charge in [0, 0.05) is 18.8 Å². The highest BCUT2D eigenvalue weighted by atomic mass is 32.2. The highest BCUT2D eigenvalue weighted by Crippen LogP contribution is 2.25. The summed E-state index contributed by atoms with van der Waals surface area (Å²) in [5.41, 5.74) is 0. The van der Waals surface area contributed by atoms with Crippen molar-refractivity contribution < 1.29 is 23.4 Å². The molecule has 2 N–H and O–H groups in total. The monoisotopic (exact) mass is 303 g/mol. The lowest BCUT2D eigenvalue weighted by Gasteiger charge is -2.21. The molecule has 1 fully saturated rings. The molecule has 1 aromatic heterocycles. The molecule has 0 radical (unpaired) electrons. The van der Waals surface area contributed by atoms with Crippen molar-refractivity contribution in [2.24, 2.45) is 0 Å². The maximum Gasteiger partial charge on any atom is 0.305 e. The molecule has 1 aromatic rings. The van der Waals surface area contributed by atoms with Crippen LogP contribution in [-0.2, 0) is 21.4 Å². The Morgan fingerprint density at radius 1 is 1.50 bits per heavy atom. The van der Waals surface area contributed by atoms with E-state index in [4.69, 9.17) is 5.11 Å². The third-order valence-corrected chi connectivity index (χ3v) is 5.21. The number of carboxylic acid groups (broad SMARTS) is 1. The van der Waals surface area contributed by atoms with Gasteiger partial charge in [0.2, 0.25) is 10.0 Å². The molecule has 2 rings (SSSR count). The molecule has 0 bridgehead atoms. The molecule has 1 atom stereocenters. The molecule has 0 saturated carbocycles. The maximum atomic E-state index is 12.4. The van der Waals surface area contributed by atoms with Crippen molar-refractivity contribution >= 4 is 16.0 Å². The molecule has 1 saturated heterocycles. The number of aliphatic carboxylic acids is 1. The summed E-state index contributed by atoms with van der Waals surface area (Å²) < 4.78 is 27.4. The number of rotatable bonds is 6. The molecule has 0 unspecified atom stereocenters. The number of aromatic nitrogens is 2. The van der Waals surface area contributed by atoms with E-state index in [0.29, 0.717) is 13.0 Å². The number of hydrogen-bond donors (Lipinski definition) is 2. The molecule has 112 valence electrons. The standard InChI is InChI=1S/C11H17N3O5S/c15-8-9-2-1-4-14(9)20(18,19)10-6-12-13(7-10)5-3-11(16)17/h6-7,9,15H,1-5,8H2,(H,16,17)/t9-/m1/s1. The predicted octanol–water partition coefficient (Wildman–Crippen LogP) is -0.497. The van der Waals surface area contributed by atoms with Crippen LogP contribution in [0.4, 0.5) is 0 Å². The number of carboxylic acids is 1. The number of aryl methyl sites for hydroxylation is 1. The summed E-state index contributed by atoms with van der Waals surface area (Å²) in [4.78, 5) is 10.5. The largest absolute Gasteiger partial charge is 0.481 e. The Labute approximate surface area is 116 Å². The first-order valence-corrected chi connectivity index (χ1v) is 7.76. The van der Waals surface area contributed by atoms with Crippen LogP contribution in [0.5, 0.6) is 0 Å².